The van der Waals surface area contributed by atoms with Crippen LogP contribution in [0.1, 0.15) is 0 Å². The summed E-state index contributed by atoms with van der Waals surface area (Å²) in [4.78, 5) is 0. The van der Waals surface area contributed by atoms with Crippen LogP contribution in [-0.4, -0.2) is 20.5 Å². The molecule has 1 aliphatic heterocycles. The largest absolute Gasteiger partial charge is 0.375 e. The first-order valence-electron chi connectivity index (χ1n) is 18.8. The summed E-state index contributed by atoms with van der Waals surface area (Å²) in [6.45, 7) is -0.0804. The van der Waals surface area contributed by atoms with E-state index in [2.05, 4.69) is 196 Å². The van der Waals surface area contributed by atoms with Crippen LogP contribution in [0.3, 0.4) is 0 Å². The lowest BCUT2D eigenvalue weighted by molar-refractivity contribution is 1.18. The van der Waals surface area contributed by atoms with Gasteiger partial charge < -0.3 is 13.6 Å². The zero-order chi connectivity index (χ0) is 35.1. The van der Waals surface area contributed by atoms with E-state index in [1.165, 1.54) is 109 Å². The lowest BCUT2D eigenvalue weighted by Gasteiger charge is -2.29. The van der Waals surface area contributed by atoms with Crippen molar-refractivity contribution in [3.8, 4) is 11.4 Å². The molecule has 3 aromatic heterocycles. The average Bonchev–Trinajstić information content (AvgIpc) is 3.88. The van der Waals surface area contributed by atoms with E-state index in [1.807, 2.05) is 0 Å². The predicted octanol–water partition coefficient (Wildman–Crippen LogP) is 11.3. The van der Waals surface area contributed by atoms with Crippen molar-refractivity contribution < 1.29 is 0 Å². The first kappa shape index (κ1) is 28.5. The third-order valence-corrected chi connectivity index (χ3v) is 12.2. The van der Waals surface area contributed by atoms with Crippen molar-refractivity contribution in [1.29, 1.82) is 0 Å². The summed E-state index contributed by atoms with van der Waals surface area (Å²) in [5, 5.41) is 12.9. The van der Waals surface area contributed by atoms with Crippen molar-refractivity contribution in [2.75, 3.05) is 0 Å². The van der Waals surface area contributed by atoms with Crippen LogP contribution >= 0.6 is 0 Å². The third-order valence-electron chi connectivity index (χ3n) is 12.2. The maximum absolute atomic E-state index is 2.69. The fourth-order valence-corrected chi connectivity index (χ4v) is 10.2. The molecule has 0 radical (unpaired) electrons. The topological polar surface area (TPSA) is 14.8 Å². The molecule has 0 saturated heterocycles. The molecule has 0 bridgehead atoms. The van der Waals surface area contributed by atoms with Gasteiger partial charge in [-0.15, -0.1) is 0 Å². The van der Waals surface area contributed by atoms with Crippen LogP contribution in [0.15, 0.2) is 182 Å². The van der Waals surface area contributed by atoms with E-state index in [0.717, 1.165) is 0 Å². The fourth-order valence-electron chi connectivity index (χ4n) is 10.2. The fraction of sp³-hybridized carbons (Fsp3) is 0. The monoisotopic (exact) mass is 683 g/mol. The molecular weight excluding hydrogens is 653 g/mol. The van der Waals surface area contributed by atoms with E-state index in [1.54, 1.807) is 0 Å². The van der Waals surface area contributed by atoms with E-state index in [-0.39, 0.29) is 6.85 Å². The number of rotatable bonds is 2. The molecule has 0 fully saturated rings. The standard InChI is InChI=1S/C50H30BN3/c1-2-16-33(17-3-1)52-41-23-11-9-21-38(41)47-45(52)29-27-37-36-20-8-12-24-42(36)54(49(37)47)51-39-22-10-13-25-43(39)53-44-28-26-31-14-4-6-18-34(31)46(44)48-35-19-7-5-15-32(35)30-40(51)50(48)53/h1-30H. The molecule has 4 heterocycles. The highest BCUT2D eigenvalue weighted by Gasteiger charge is 2.37. The van der Waals surface area contributed by atoms with Gasteiger partial charge in [0.05, 0.1) is 22.1 Å². The molecule has 12 aromatic rings. The molecule has 0 atom stereocenters. The molecule has 248 valence electrons. The highest BCUT2D eigenvalue weighted by molar-refractivity contribution is 6.88. The van der Waals surface area contributed by atoms with Crippen molar-refractivity contribution in [2.24, 2.45) is 0 Å². The van der Waals surface area contributed by atoms with E-state index in [0.29, 0.717) is 0 Å². The van der Waals surface area contributed by atoms with Crippen LogP contribution in [-0.2, 0) is 0 Å². The number of aromatic nitrogens is 3. The SMILES string of the molecule is c1ccc(-n2c3ccccc3c3c4c(ccc32)c2ccccc2n4B2c3ccccc3-n3c4ccc5ccccc5c4c4c5ccccc5cc2c43)cc1. The highest BCUT2D eigenvalue weighted by atomic mass is 15.0. The second kappa shape index (κ2) is 10.3. The zero-order valence-electron chi connectivity index (χ0n) is 29.2. The summed E-state index contributed by atoms with van der Waals surface area (Å²) in [6, 6.07) is 67.6. The Morgan fingerprint density at radius 1 is 0.333 bits per heavy atom. The highest BCUT2D eigenvalue weighted by Crippen LogP contribution is 2.44. The van der Waals surface area contributed by atoms with Crippen molar-refractivity contribution in [3.63, 3.8) is 0 Å². The Morgan fingerprint density at radius 2 is 0.963 bits per heavy atom. The predicted molar refractivity (Wildman–Crippen MR) is 230 cm³/mol. The van der Waals surface area contributed by atoms with Crippen LogP contribution < -0.4 is 10.9 Å². The maximum Gasteiger partial charge on any atom is 0.332 e. The van der Waals surface area contributed by atoms with Crippen LogP contribution in [0.2, 0.25) is 0 Å². The van der Waals surface area contributed by atoms with E-state index < -0.39 is 0 Å². The van der Waals surface area contributed by atoms with Gasteiger partial charge in [-0.3, -0.25) is 0 Å². The molecule has 4 heteroatoms. The number of hydrogen-bond donors (Lipinski definition) is 0. The quantitative estimate of drug-likeness (QED) is 0.161. The summed E-state index contributed by atoms with van der Waals surface area (Å²) in [5.41, 5.74) is 12.5. The molecule has 0 saturated carbocycles. The zero-order valence-corrected chi connectivity index (χ0v) is 29.2. The molecule has 0 spiro atoms. The Labute approximate surface area is 310 Å². The summed E-state index contributed by atoms with van der Waals surface area (Å²) in [5.74, 6) is 0. The van der Waals surface area contributed by atoms with Gasteiger partial charge >= 0.3 is 6.85 Å². The number of nitrogens with zero attached hydrogens (tertiary/aromatic N) is 3. The first-order valence-corrected chi connectivity index (χ1v) is 18.8. The van der Waals surface area contributed by atoms with E-state index in [9.17, 15) is 0 Å². The normalized spacial score (nSPS) is 12.8. The van der Waals surface area contributed by atoms with Crippen LogP contribution in [0.5, 0.6) is 0 Å². The Bertz CT molecular complexity index is 3570. The summed E-state index contributed by atoms with van der Waals surface area (Å²) < 4.78 is 7.70. The van der Waals surface area contributed by atoms with Gasteiger partial charge in [-0.2, -0.15) is 0 Å². The average molecular weight is 684 g/mol. The number of para-hydroxylation sites is 4. The maximum atomic E-state index is 2.69. The molecule has 54 heavy (non-hydrogen) atoms. The second-order valence-electron chi connectivity index (χ2n) is 14.8. The van der Waals surface area contributed by atoms with Crippen molar-refractivity contribution in [3.05, 3.63) is 182 Å². The molecule has 3 nitrogen and oxygen atoms in total. The summed E-state index contributed by atoms with van der Waals surface area (Å²) >= 11 is 0. The molecule has 13 rings (SSSR count). The number of hydrogen-bond acceptors (Lipinski definition) is 0. The minimum absolute atomic E-state index is 0.0804. The Balaban J connectivity index is 1.28. The lowest BCUT2D eigenvalue weighted by atomic mass is 9.48. The molecular formula is C50H30BN3. The lowest BCUT2D eigenvalue weighted by Crippen LogP contribution is -2.53. The molecule has 0 N–H and O–H groups in total. The van der Waals surface area contributed by atoms with E-state index >= 15 is 0 Å². The van der Waals surface area contributed by atoms with Gasteiger partial charge in [0.2, 0.25) is 0 Å². The van der Waals surface area contributed by atoms with E-state index in [4.69, 9.17) is 0 Å². The second-order valence-corrected chi connectivity index (χ2v) is 14.8. The third kappa shape index (κ3) is 3.48. The Hall–Kier alpha value is -7.04. The first-order chi connectivity index (χ1) is 26.8. The molecule has 0 amide bonds. The van der Waals surface area contributed by atoms with Crippen molar-refractivity contribution >= 4 is 105 Å². The van der Waals surface area contributed by atoms with Gasteiger partial charge in [0.25, 0.3) is 0 Å². The molecule has 1 aliphatic rings. The van der Waals surface area contributed by atoms with Gasteiger partial charge in [-0.05, 0) is 74.9 Å². The van der Waals surface area contributed by atoms with Gasteiger partial charge in [0.1, 0.15) is 0 Å². The minimum Gasteiger partial charge on any atom is -0.375 e. The van der Waals surface area contributed by atoms with Crippen LogP contribution in [0.4, 0.5) is 0 Å². The van der Waals surface area contributed by atoms with Crippen molar-refractivity contribution in [1.82, 2.24) is 13.6 Å². The number of fused-ring (bicyclic) bond motifs is 16. The minimum atomic E-state index is -0.0804. The van der Waals surface area contributed by atoms with Crippen LogP contribution in [0.25, 0.3) is 98.3 Å². The van der Waals surface area contributed by atoms with Crippen molar-refractivity contribution in [2.45, 2.75) is 0 Å². The Kier molecular flexibility index (Phi) is 5.45. The van der Waals surface area contributed by atoms with Gasteiger partial charge in [0, 0.05) is 54.7 Å². The smallest absolute Gasteiger partial charge is 0.332 e. The van der Waals surface area contributed by atoms with Gasteiger partial charge in [-0.25, -0.2) is 0 Å². The molecule has 0 aliphatic carbocycles. The Morgan fingerprint density at radius 3 is 1.81 bits per heavy atom. The number of benzene rings is 9. The molecule has 9 aromatic carbocycles. The van der Waals surface area contributed by atoms with Gasteiger partial charge in [-0.1, -0.05) is 140 Å². The van der Waals surface area contributed by atoms with Crippen LogP contribution in [0, 0.1) is 0 Å². The summed E-state index contributed by atoms with van der Waals surface area (Å²) in [6.07, 6.45) is 0. The van der Waals surface area contributed by atoms with Gasteiger partial charge in [0.15, 0.2) is 0 Å². The summed E-state index contributed by atoms with van der Waals surface area (Å²) in [7, 11) is 0. The molecule has 0 unspecified atom stereocenters.